The molecule has 2 aromatic carbocycles. The van der Waals surface area contributed by atoms with Crippen LogP contribution in [0, 0.1) is 5.92 Å². The Labute approximate surface area is 241 Å². The standard InChI is InChI=1S/C32H47N3O4S/c1-3-4-22-35(32(36)19-12-26-8-6-5-7-9-26)29-20-23-34(24-21-29)25-27-10-15-30(16-11-27)39-31-17-13-28(14-18-31)33-40(2,37)38/h10-11,13-18,26,29,33H,3-9,12,19-25H2,1-2H3. The predicted octanol–water partition coefficient (Wildman–Crippen LogP) is 6.80. The molecule has 2 aromatic rings. The number of sulfonamides is 1. The van der Waals surface area contributed by atoms with Crippen molar-refractivity contribution >= 4 is 21.6 Å². The topological polar surface area (TPSA) is 79.0 Å². The van der Waals surface area contributed by atoms with Crippen LogP contribution in [-0.4, -0.2) is 56.1 Å². The number of rotatable bonds is 13. The third-order valence-corrected chi connectivity index (χ3v) is 8.89. The first kappa shape index (κ1) is 30.4. The lowest BCUT2D eigenvalue weighted by atomic mass is 9.86. The van der Waals surface area contributed by atoms with E-state index in [2.05, 4.69) is 33.6 Å². The molecule has 1 amide bonds. The van der Waals surface area contributed by atoms with Crippen LogP contribution in [0.15, 0.2) is 48.5 Å². The zero-order valence-electron chi connectivity index (χ0n) is 24.3. The highest BCUT2D eigenvalue weighted by atomic mass is 32.2. The lowest BCUT2D eigenvalue weighted by Gasteiger charge is -2.39. The van der Waals surface area contributed by atoms with Crippen LogP contribution in [-0.2, 0) is 21.4 Å². The maximum absolute atomic E-state index is 13.3. The van der Waals surface area contributed by atoms with E-state index in [1.807, 2.05) is 12.1 Å². The Morgan fingerprint density at radius 1 is 0.950 bits per heavy atom. The number of nitrogens with zero attached hydrogens (tertiary/aromatic N) is 2. The summed E-state index contributed by atoms with van der Waals surface area (Å²) >= 11 is 0. The minimum absolute atomic E-state index is 0.372. The predicted molar refractivity (Wildman–Crippen MR) is 162 cm³/mol. The van der Waals surface area contributed by atoms with Crippen LogP contribution in [0.3, 0.4) is 0 Å². The van der Waals surface area contributed by atoms with E-state index in [0.29, 0.717) is 23.4 Å². The van der Waals surface area contributed by atoms with Crippen molar-refractivity contribution in [1.82, 2.24) is 9.80 Å². The molecule has 40 heavy (non-hydrogen) atoms. The van der Waals surface area contributed by atoms with Gasteiger partial charge in [-0.2, -0.15) is 0 Å². The Hall–Kier alpha value is -2.58. The van der Waals surface area contributed by atoms with Gasteiger partial charge in [-0.05, 0) is 73.6 Å². The first-order chi connectivity index (χ1) is 19.3. The van der Waals surface area contributed by atoms with Crippen LogP contribution in [0.25, 0.3) is 0 Å². The lowest BCUT2D eigenvalue weighted by Crippen LogP contribution is -2.47. The van der Waals surface area contributed by atoms with Gasteiger partial charge in [0.25, 0.3) is 0 Å². The average Bonchev–Trinajstić information content (AvgIpc) is 2.95. The Bertz CT molecular complexity index is 1150. The van der Waals surface area contributed by atoms with Gasteiger partial charge in [0.2, 0.25) is 15.9 Å². The second-order valence-corrected chi connectivity index (χ2v) is 13.4. The van der Waals surface area contributed by atoms with Crippen molar-refractivity contribution in [3.8, 4) is 11.5 Å². The number of likely N-dealkylation sites (tertiary alicyclic amines) is 1. The number of piperidine rings is 1. The second kappa shape index (κ2) is 14.9. The van der Waals surface area contributed by atoms with Crippen molar-refractivity contribution in [2.24, 2.45) is 5.92 Å². The van der Waals surface area contributed by atoms with E-state index in [1.165, 1.54) is 37.7 Å². The van der Waals surface area contributed by atoms with Gasteiger partial charge in [0, 0.05) is 44.3 Å². The molecule has 220 valence electrons. The fraction of sp³-hybridized carbons (Fsp3) is 0.594. The number of amides is 1. The Kier molecular flexibility index (Phi) is 11.3. The Morgan fingerprint density at radius 3 is 2.17 bits per heavy atom. The molecular formula is C32H47N3O4S. The van der Waals surface area contributed by atoms with Gasteiger partial charge in [-0.25, -0.2) is 8.42 Å². The van der Waals surface area contributed by atoms with E-state index in [9.17, 15) is 13.2 Å². The molecular weight excluding hydrogens is 522 g/mol. The van der Waals surface area contributed by atoms with Crippen molar-refractivity contribution in [2.75, 3.05) is 30.6 Å². The maximum atomic E-state index is 13.3. The van der Waals surface area contributed by atoms with Gasteiger partial charge in [0.05, 0.1) is 6.26 Å². The molecule has 0 radical (unpaired) electrons. The highest BCUT2D eigenvalue weighted by molar-refractivity contribution is 7.92. The summed E-state index contributed by atoms with van der Waals surface area (Å²) in [6.45, 7) is 6.02. The number of unbranched alkanes of at least 4 members (excludes halogenated alkanes) is 1. The first-order valence-corrected chi connectivity index (χ1v) is 17.0. The SMILES string of the molecule is CCCCN(C(=O)CCC1CCCCC1)C1CCN(Cc2ccc(Oc3ccc(NS(C)(=O)=O)cc3)cc2)CC1. The third kappa shape index (κ3) is 9.81. The number of nitrogens with one attached hydrogen (secondary N) is 1. The monoisotopic (exact) mass is 569 g/mol. The molecule has 0 unspecified atom stereocenters. The summed E-state index contributed by atoms with van der Waals surface area (Å²) in [6.07, 6.45) is 13.9. The van der Waals surface area contributed by atoms with E-state index < -0.39 is 10.0 Å². The quantitative estimate of drug-likeness (QED) is 0.287. The van der Waals surface area contributed by atoms with E-state index in [4.69, 9.17) is 4.74 Å². The van der Waals surface area contributed by atoms with Crippen molar-refractivity contribution < 1.29 is 17.9 Å². The van der Waals surface area contributed by atoms with Crippen LogP contribution in [0.4, 0.5) is 5.69 Å². The molecule has 7 nitrogen and oxygen atoms in total. The van der Waals surface area contributed by atoms with Gasteiger partial charge < -0.3 is 9.64 Å². The summed E-state index contributed by atoms with van der Waals surface area (Å²) in [4.78, 5) is 18.0. The van der Waals surface area contributed by atoms with Gasteiger partial charge in [-0.3, -0.25) is 14.4 Å². The maximum Gasteiger partial charge on any atom is 0.229 e. The third-order valence-electron chi connectivity index (χ3n) is 8.28. The van der Waals surface area contributed by atoms with Crippen molar-refractivity contribution in [3.05, 3.63) is 54.1 Å². The molecule has 0 spiro atoms. The fourth-order valence-electron chi connectivity index (χ4n) is 6.04. The minimum atomic E-state index is -3.30. The number of anilines is 1. The van der Waals surface area contributed by atoms with Crippen molar-refractivity contribution in [1.29, 1.82) is 0 Å². The van der Waals surface area contributed by atoms with Crippen molar-refractivity contribution in [3.63, 3.8) is 0 Å². The number of carbonyl (C=O) groups excluding carboxylic acids is 1. The fourth-order valence-corrected chi connectivity index (χ4v) is 6.60. The molecule has 1 saturated carbocycles. The highest BCUT2D eigenvalue weighted by Crippen LogP contribution is 2.29. The number of ether oxygens (including phenoxy) is 1. The van der Waals surface area contributed by atoms with E-state index in [0.717, 1.165) is 82.6 Å². The number of hydrogen-bond donors (Lipinski definition) is 1. The normalized spacial score (nSPS) is 17.4. The van der Waals surface area contributed by atoms with Gasteiger partial charge >= 0.3 is 0 Å². The molecule has 1 saturated heterocycles. The van der Waals surface area contributed by atoms with Crippen LogP contribution in [0.1, 0.15) is 83.1 Å². The summed E-state index contributed by atoms with van der Waals surface area (Å²) in [5.74, 6) is 2.53. The van der Waals surface area contributed by atoms with Crippen LogP contribution in [0.5, 0.6) is 11.5 Å². The van der Waals surface area contributed by atoms with Crippen LogP contribution in [0.2, 0.25) is 0 Å². The molecule has 1 aliphatic heterocycles. The number of benzene rings is 2. The van der Waals surface area contributed by atoms with Crippen LogP contribution < -0.4 is 9.46 Å². The summed E-state index contributed by atoms with van der Waals surface area (Å²) in [7, 11) is -3.30. The molecule has 2 aliphatic rings. The molecule has 1 N–H and O–H groups in total. The molecule has 1 aliphatic carbocycles. The summed E-state index contributed by atoms with van der Waals surface area (Å²) in [5.41, 5.74) is 1.75. The zero-order chi connectivity index (χ0) is 28.4. The van der Waals surface area contributed by atoms with E-state index in [-0.39, 0.29) is 0 Å². The summed E-state index contributed by atoms with van der Waals surface area (Å²) in [5, 5.41) is 0. The molecule has 0 bridgehead atoms. The van der Waals surface area contributed by atoms with Gasteiger partial charge in [-0.15, -0.1) is 0 Å². The molecule has 4 rings (SSSR count). The number of carbonyl (C=O) groups is 1. The molecule has 0 aromatic heterocycles. The largest absolute Gasteiger partial charge is 0.457 e. The average molecular weight is 570 g/mol. The van der Waals surface area contributed by atoms with Crippen molar-refractivity contribution in [2.45, 2.75) is 90.1 Å². The Morgan fingerprint density at radius 2 is 1.57 bits per heavy atom. The Balaban J connectivity index is 1.23. The van der Waals surface area contributed by atoms with Gasteiger partial charge in [0.15, 0.2) is 0 Å². The second-order valence-electron chi connectivity index (χ2n) is 11.6. The van der Waals surface area contributed by atoms with E-state index in [1.54, 1.807) is 24.3 Å². The molecule has 2 fully saturated rings. The van der Waals surface area contributed by atoms with Gasteiger partial charge in [-0.1, -0.05) is 57.6 Å². The molecule has 1 heterocycles. The lowest BCUT2D eigenvalue weighted by molar-refractivity contribution is -0.135. The first-order valence-electron chi connectivity index (χ1n) is 15.2. The highest BCUT2D eigenvalue weighted by Gasteiger charge is 2.28. The van der Waals surface area contributed by atoms with E-state index >= 15 is 0 Å². The molecule has 0 atom stereocenters. The van der Waals surface area contributed by atoms with Gasteiger partial charge in [0.1, 0.15) is 11.5 Å². The number of hydrogen-bond acceptors (Lipinski definition) is 5. The smallest absolute Gasteiger partial charge is 0.229 e. The summed E-state index contributed by atoms with van der Waals surface area (Å²) in [6, 6.07) is 15.4. The minimum Gasteiger partial charge on any atom is -0.457 e. The molecule has 8 heteroatoms. The van der Waals surface area contributed by atoms with Crippen LogP contribution >= 0.6 is 0 Å². The summed E-state index contributed by atoms with van der Waals surface area (Å²) < 4.78 is 31.1. The zero-order valence-corrected chi connectivity index (χ0v) is 25.1.